The number of sulfone groups is 1. The summed E-state index contributed by atoms with van der Waals surface area (Å²) in [6.07, 6.45) is 0.843. The summed E-state index contributed by atoms with van der Waals surface area (Å²) < 4.78 is 24.3. The van der Waals surface area contributed by atoms with Gasteiger partial charge in [0.1, 0.15) is 0 Å². The lowest BCUT2D eigenvalue weighted by Gasteiger charge is -2.18. The van der Waals surface area contributed by atoms with Gasteiger partial charge >= 0.3 is 0 Å². The van der Waals surface area contributed by atoms with Crippen molar-refractivity contribution in [3.63, 3.8) is 0 Å². The molecule has 2 unspecified atom stereocenters. The summed E-state index contributed by atoms with van der Waals surface area (Å²) in [7, 11) is -3.48. The molecule has 0 radical (unpaired) electrons. The lowest BCUT2D eigenvalue weighted by Crippen LogP contribution is -2.31. The van der Waals surface area contributed by atoms with Crippen molar-refractivity contribution in [2.24, 2.45) is 0 Å². The van der Waals surface area contributed by atoms with E-state index in [0.717, 1.165) is 0 Å². The van der Waals surface area contributed by atoms with E-state index >= 15 is 0 Å². The Morgan fingerprint density at radius 2 is 1.94 bits per heavy atom. The first kappa shape index (κ1) is 12.9. The first-order valence-corrected chi connectivity index (χ1v) is 6.62. The van der Waals surface area contributed by atoms with Crippen molar-refractivity contribution in [2.45, 2.75) is 29.6 Å². The number of aliphatic hydroxyl groups excluding tert-OH is 1. The van der Waals surface area contributed by atoms with E-state index in [9.17, 15) is 13.5 Å². The standard InChI is InChI=1S/C12H16O3S/c1-3-7-12(10(2)13)16(14,15)11-8-5-4-6-9-11/h3-6,8-10,12-13H,1,7H2,2H3. The Balaban J connectivity index is 3.13. The second-order valence-corrected chi connectivity index (χ2v) is 5.83. The lowest BCUT2D eigenvalue weighted by atomic mass is 10.2. The van der Waals surface area contributed by atoms with Crippen molar-refractivity contribution >= 4 is 9.84 Å². The van der Waals surface area contributed by atoms with Gasteiger partial charge in [0.25, 0.3) is 0 Å². The highest BCUT2D eigenvalue weighted by Crippen LogP contribution is 2.20. The van der Waals surface area contributed by atoms with Crippen molar-refractivity contribution in [3.05, 3.63) is 43.0 Å². The molecule has 0 aliphatic carbocycles. The maximum atomic E-state index is 12.2. The first-order valence-electron chi connectivity index (χ1n) is 5.08. The topological polar surface area (TPSA) is 54.4 Å². The number of allylic oxidation sites excluding steroid dienone is 1. The van der Waals surface area contributed by atoms with Crippen LogP contribution in [0.5, 0.6) is 0 Å². The fourth-order valence-electron chi connectivity index (χ4n) is 1.53. The van der Waals surface area contributed by atoms with Crippen molar-refractivity contribution in [2.75, 3.05) is 0 Å². The van der Waals surface area contributed by atoms with Crippen molar-refractivity contribution in [1.82, 2.24) is 0 Å². The smallest absolute Gasteiger partial charge is 0.184 e. The fraction of sp³-hybridized carbons (Fsp3) is 0.333. The molecule has 0 aliphatic rings. The quantitative estimate of drug-likeness (QED) is 0.798. The van der Waals surface area contributed by atoms with Crippen LogP contribution in [-0.4, -0.2) is 24.9 Å². The number of aliphatic hydroxyl groups is 1. The summed E-state index contributed by atoms with van der Waals surface area (Å²) in [5.41, 5.74) is 0. The SMILES string of the molecule is C=CCC(C(C)O)S(=O)(=O)c1ccccc1. The molecule has 0 aliphatic heterocycles. The molecule has 1 aromatic rings. The normalized spacial score (nSPS) is 15.4. The Hall–Kier alpha value is -1.13. The average molecular weight is 240 g/mol. The van der Waals surface area contributed by atoms with E-state index in [1.165, 1.54) is 25.1 Å². The third-order valence-corrected chi connectivity index (χ3v) is 4.72. The van der Waals surface area contributed by atoms with E-state index in [2.05, 4.69) is 6.58 Å². The van der Waals surface area contributed by atoms with Gasteiger partial charge in [0.05, 0.1) is 16.2 Å². The summed E-state index contributed by atoms with van der Waals surface area (Å²) in [5, 5.41) is 8.69. The van der Waals surface area contributed by atoms with Gasteiger partial charge in [-0.15, -0.1) is 6.58 Å². The second-order valence-electron chi connectivity index (χ2n) is 3.66. The molecule has 0 saturated carbocycles. The molecule has 0 heterocycles. The van der Waals surface area contributed by atoms with Crippen LogP contribution in [-0.2, 0) is 9.84 Å². The molecule has 1 N–H and O–H groups in total. The molecule has 0 fully saturated rings. The van der Waals surface area contributed by atoms with E-state index in [0.29, 0.717) is 0 Å². The highest BCUT2D eigenvalue weighted by molar-refractivity contribution is 7.92. The number of benzene rings is 1. The molecule has 0 amide bonds. The van der Waals surface area contributed by atoms with Crippen LogP contribution in [0.1, 0.15) is 13.3 Å². The minimum atomic E-state index is -3.48. The highest BCUT2D eigenvalue weighted by Gasteiger charge is 2.30. The van der Waals surface area contributed by atoms with Gasteiger partial charge < -0.3 is 5.11 Å². The molecule has 0 saturated heterocycles. The van der Waals surface area contributed by atoms with E-state index in [4.69, 9.17) is 0 Å². The summed E-state index contributed by atoms with van der Waals surface area (Å²) in [5.74, 6) is 0. The molecule has 16 heavy (non-hydrogen) atoms. The van der Waals surface area contributed by atoms with E-state index in [1.54, 1.807) is 18.2 Å². The van der Waals surface area contributed by atoms with E-state index in [1.807, 2.05) is 0 Å². The maximum Gasteiger partial charge on any atom is 0.184 e. The van der Waals surface area contributed by atoms with Gasteiger partial charge in [0.15, 0.2) is 9.84 Å². The minimum Gasteiger partial charge on any atom is -0.392 e. The first-order chi connectivity index (χ1) is 7.50. The third-order valence-electron chi connectivity index (χ3n) is 2.41. The zero-order chi connectivity index (χ0) is 12.2. The van der Waals surface area contributed by atoms with Gasteiger partial charge in [-0.25, -0.2) is 8.42 Å². The van der Waals surface area contributed by atoms with E-state index in [-0.39, 0.29) is 11.3 Å². The highest BCUT2D eigenvalue weighted by atomic mass is 32.2. The van der Waals surface area contributed by atoms with Crippen molar-refractivity contribution < 1.29 is 13.5 Å². The summed E-state index contributed by atoms with van der Waals surface area (Å²) >= 11 is 0. The second kappa shape index (κ2) is 5.27. The molecule has 2 atom stereocenters. The maximum absolute atomic E-state index is 12.2. The Bertz CT molecular complexity index is 435. The van der Waals surface area contributed by atoms with Crippen molar-refractivity contribution in [1.29, 1.82) is 0 Å². The summed E-state index contributed by atoms with van der Waals surface area (Å²) in [6, 6.07) is 8.16. The molecule has 1 rings (SSSR count). The summed E-state index contributed by atoms with van der Waals surface area (Å²) in [4.78, 5) is 0.239. The number of rotatable bonds is 5. The lowest BCUT2D eigenvalue weighted by molar-refractivity contribution is 0.188. The Morgan fingerprint density at radius 3 is 2.38 bits per heavy atom. The largest absolute Gasteiger partial charge is 0.392 e. The van der Waals surface area contributed by atoms with Gasteiger partial charge in [-0.3, -0.25) is 0 Å². The molecule has 88 valence electrons. The molecule has 0 spiro atoms. The Labute approximate surface area is 96.4 Å². The molecule has 0 bridgehead atoms. The number of hydrogen-bond donors (Lipinski definition) is 1. The van der Waals surface area contributed by atoms with Crippen molar-refractivity contribution in [3.8, 4) is 0 Å². The zero-order valence-electron chi connectivity index (χ0n) is 9.20. The zero-order valence-corrected chi connectivity index (χ0v) is 10.0. The molecule has 3 nitrogen and oxygen atoms in total. The third kappa shape index (κ3) is 2.71. The van der Waals surface area contributed by atoms with Gasteiger partial charge in [0, 0.05) is 0 Å². The van der Waals surface area contributed by atoms with E-state index < -0.39 is 21.2 Å². The molecular formula is C12H16O3S. The summed E-state index contributed by atoms with van der Waals surface area (Å²) in [6.45, 7) is 5.00. The van der Waals surface area contributed by atoms with Gasteiger partial charge in [-0.05, 0) is 25.5 Å². The monoisotopic (exact) mass is 240 g/mol. The predicted molar refractivity (Wildman–Crippen MR) is 63.9 cm³/mol. The molecule has 1 aromatic carbocycles. The molecule has 4 heteroatoms. The average Bonchev–Trinajstić information content (AvgIpc) is 2.26. The van der Waals surface area contributed by atoms with Crippen LogP contribution in [0.2, 0.25) is 0 Å². The van der Waals surface area contributed by atoms with Crippen LogP contribution in [0.3, 0.4) is 0 Å². The van der Waals surface area contributed by atoms with Crippen LogP contribution in [0.25, 0.3) is 0 Å². The van der Waals surface area contributed by atoms with Crippen LogP contribution in [0, 0.1) is 0 Å². The van der Waals surface area contributed by atoms with Gasteiger partial charge in [-0.1, -0.05) is 24.3 Å². The Kier molecular flexibility index (Phi) is 4.26. The number of hydrogen-bond acceptors (Lipinski definition) is 3. The van der Waals surface area contributed by atoms with Crippen LogP contribution < -0.4 is 0 Å². The van der Waals surface area contributed by atoms with Crippen LogP contribution in [0.15, 0.2) is 47.9 Å². The fourth-order valence-corrected chi connectivity index (χ4v) is 3.33. The van der Waals surface area contributed by atoms with Crippen LogP contribution >= 0.6 is 0 Å². The van der Waals surface area contributed by atoms with Crippen LogP contribution in [0.4, 0.5) is 0 Å². The van der Waals surface area contributed by atoms with Gasteiger partial charge in [-0.2, -0.15) is 0 Å². The van der Waals surface area contributed by atoms with Gasteiger partial charge in [0.2, 0.25) is 0 Å². The minimum absolute atomic E-state index is 0.239. The molecular weight excluding hydrogens is 224 g/mol. The Morgan fingerprint density at radius 1 is 1.38 bits per heavy atom. The molecule has 0 aromatic heterocycles. The predicted octanol–water partition coefficient (Wildman–Crippen LogP) is 1.79.